The van der Waals surface area contributed by atoms with Crippen molar-refractivity contribution in [1.29, 1.82) is 0 Å². The van der Waals surface area contributed by atoms with Gasteiger partial charge in [-0.1, -0.05) is 13.8 Å². The second kappa shape index (κ2) is 8.26. The van der Waals surface area contributed by atoms with Gasteiger partial charge in [-0.15, -0.1) is 0 Å². The summed E-state index contributed by atoms with van der Waals surface area (Å²) >= 11 is 6.33. The fraction of sp³-hybridized carbons (Fsp3) is 0.750. The second-order valence-electron chi connectivity index (χ2n) is 11.4. The predicted octanol–water partition coefficient (Wildman–Crippen LogP) is 1.89. The number of hydrogen-bond acceptors (Lipinski definition) is 9. The Kier molecular flexibility index (Phi) is 5.52. The molecule has 11 heteroatoms. The molecule has 0 spiro atoms. The van der Waals surface area contributed by atoms with Crippen LogP contribution in [0.2, 0.25) is 5.28 Å². The number of aromatic nitrogens is 4. The predicted molar refractivity (Wildman–Crippen MR) is 129 cm³/mol. The van der Waals surface area contributed by atoms with Crippen LogP contribution < -0.4 is 11.1 Å². The Morgan fingerprint density at radius 2 is 1.97 bits per heavy atom. The summed E-state index contributed by atoms with van der Waals surface area (Å²) in [6, 6.07) is -0.814. The fourth-order valence-electron chi connectivity index (χ4n) is 6.00. The van der Waals surface area contributed by atoms with Gasteiger partial charge in [0, 0.05) is 11.5 Å². The summed E-state index contributed by atoms with van der Waals surface area (Å²) in [5.74, 6) is 1.32. The van der Waals surface area contributed by atoms with Crippen molar-refractivity contribution in [3.05, 3.63) is 11.6 Å². The quantitative estimate of drug-likeness (QED) is 0.296. The van der Waals surface area contributed by atoms with Crippen molar-refractivity contribution in [2.75, 3.05) is 11.9 Å². The molecule has 4 aliphatic carbocycles. The first kappa shape index (κ1) is 23.4. The Morgan fingerprint density at radius 3 is 2.60 bits per heavy atom. The molecule has 10 nitrogen and oxygen atoms in total. The number of halogens is 1. The zero-order chi connectivity index (χ0) is 24.6. The smallest absolute Gasteiger partial charge is 0.323 e. The largest absolute Gasteiger partial charge is 0.464 e. The van der Waals surface area contributed by atoms with E-state index in [4.69, 9.17) is 22.1 Å². The number of fused-ring (bicyclic) bond motifs is 2. The average molecular weight is 505 g/mol. The minimum Gasteiger partial charge on any atom is -0.464 e. The minimum atomic E-state index is -1.06. The third-order valence-electron chi connectivity index (χ3n) is 8.61. The fourth-order valence-corrected chi connectivity index (χ4v) is 6.16. The summed E-state index contributed by atoms with van der Waals surface area (Å²) in [6.45, 7) is 3.73. The molecule has 2 heterocycles. The van der Waals surface area contributed by atoms with Crippen LogP contribution in [-0.2, 0) is 9.53 Å². The van der Waals surface area contributed by atoms with Gasteiger partial charge in [-0.25, -0.2) is 4.98 Å². The number of imidazole rings is 1. The van der Waals surface area contributed by atoms with Gasteiger partial charge in [-0.2, -0.15) is 9.97 Å². The van der Waals surface area contributed by atoms with E-state index in [1.807, 2.05) is 13.8 Å². The third kappa shape index (κ3) is 3.89. The molecule has 0 saturated heterocycles. The molecule has 2 aromatic heterocycles. The van der Waals surface area contributed by atoms with E-state index >= 15 is 0 Å². The molecular weight excluding hydrogens is 472 g/mol. The lowest BCUT2D eigenvalue weighted by Crippen LogP contribution is -2.40. The van der Waals surface area contributed by atoms with Crippen molar-refractivity contribution in [1.82, 2.24) is 19.5 Å². The van der Waals surface area contributed by atoms with E-state index in [0.717, 1.165) is 0 Å². The monoisotopic (exact) mass is 504 g/mol. The highest BCUT2D eigenvalue weighted by atomic mass is 35.5. The SMILES string of the molecule is CC(C)[C@H](N)C(=O)OC[C@@]12C[C@@H]1[C@@H](n1cnc3c(NC(C4CC4)C4CC4)nc(Cl)nc31)[C@H](O)[C@@H]2O. The van der Waals surface area contributed by atoms with Gasteiger partial charge in [0.05, 0.1) is 25.1 Å². The molecule has 0 bridgehead atoms. The zero-order valence-corrected chi connectivity index (χ0v) is 20.7. The lowest BCUT2D eigenvalue weighted by molar-refractivity contribution is -0.150. The number of hydrogen-bond donors (Lipinski definition) is 4. The Morgan fingerprint density at radius 1 is 1.29 bits per heavy atom. The summed E-state index contributed by atoms with van der Waals surface area (Å²) in [7, 11) is 0. The first-order chi connectivity index (χ1) is 16.7. The summed E-state index contributed by atoms with van der Waals surface area (Å²) in [6.07, 6.45) is 5.08. The van der Waals surface area contributed by atoms with E-state index in [1.165, 1.54) is 25.7 Å². The normalized spacial score (nSPS) is 32.8. The highest BCUT2D eigenvalue weighted by Gasteiger charge is 2.72. The number of esters is 1. The van der Waals surface area contributed by atoms with Crippen molar-refractivity contribution >= 4 is 34.6 Å². The first-order valence-corrected chi connectivity index (χ1v) is 13.0. The molecule has 4 saturated carbocycles. The van der Waals surface area contributed by atoms with Crippen LogP contribution in [0.5, 0.6) is 0 Å². The van der Waals surface area contributed by atoms with Gasteiger partial charge in [-0.05, 0) is 67.4 Å². The molecule has 0 aromatic carbocycles. The Bertz CT molecular complexity index is 1140. The van der Waals surface area contributed by atoms with E-state index < -0.39 is 35.7 Å². The first-order valence-electron chi connectivity index (χ1n) is 12.7. The topological polar surface area (TPSA) is 148 Å². The van der Waals surface area contributed by atoms with E-state index in [9.17, 15) is 15.0 Å². The van der Waals surface area contributed by atoms with Gasteiger partial charge in [-0.3, -0.25) is 4.79 Å². The van der Waals surface area contributed by atoms with E-state index in [0.29, 0.717) is 41.3 Å². The maximum atomic E-state index is 12.3. The van der Waals surface area contributed by atoms with Crippen LogP contribution in [0.3, 0.4) is 0 Å². The average Bonchev–Trinajstić information content (AvgIpc) is 3.71. The molecular formula is C24H33ClN6O4. The maximum absolute atomic E-state index is 12.3. The molecule has 0 radical (unpaired) electrons. The van der Waals surface area contributed by atoms with E-state index in [2.05, 4.69) is 20.3 Å². The Labute approximate surface area is 208 Å². The molecule has 2 aromatic rings. The molecule has 4 fully saturated rings. The van der Waals surface area contributed by atoms with Crippen LogP contribution in [-0.4, -0.2) is 66.6 Å². The van der Waals surface area contributed by atoms with E-state index in [-0.39, 0.29) is 23.7 Å². The molecule has 0 amide bonds. The number of rotatable bonds is 9. The molecule has 6 atom stereocenters. The molecule has 6 rings (SSSR count). The Balaban J connectivity index is 1.25. The number of nitrogens with zero attached hydrogens (tertiary/aromatic N) is 4. The van der Waals surface area contributed by atoms with Gasteiger partial charge in [0.1, 0.15) is 12.1 Å². The van der Waals surface area contributed by atoms with E-state index in [1.54, 1.807) is 10.9 Å². The number of aliphatic hydroxyl groups is 2. The van der Waals surface area contributed by atoms with Crippen molar-refractivity contribution < 1.29 is 19.7 Å². The van der Waals surface area contributed by atoms with Crippen molar-refractivity contribution in [3.63, 3.8) is 0 Å². The number of nitrogens with one attached hydrogen (secondary N) is 1. The number of ether oxygens (including phenoxy) is 1. The van der Waals surface area contributed by atoms with Crippen LogP contribution in [0.1, 0.15) is 52.0 Å². The van der Waals surface area contributed by atoms with Gasteiger partial charge in [0.2, 0.25) is 5.28 Å². The number of carbonyl (C=O) groups is 1. The summed E-state index contributed by atoms with van der Waals surface area (Å²) in [4.78, 5) is 25.8. The highest BCUT2D eigenvalue weighted by Crippen LogP contribution is 2.67. The summed E-state index contributed by atoms with van der Waals surface area (Å²) < 4.78 is 7.29. The molecule has 4 aliphatic rings. The van der Waals surface area contributed by atoms with Crippen LogP contribution >= 0.6 is 11.6 Å². The molecule has 35 heavy (non-hydrogen) atoms. The van der Waals surface area contributed by atoms with Crippen molar-refractivity contribution in [2.24, 2.45) is 34.8 Å². The molecule has 0 unspecified atom stereocenters. The highest BCUT2D eigenvalue weighted by molar-refractivity contribution is 6.28. The molecule has 0 aliphatic heterocycles. The van der Waals surface area contributed by atoms with Gasteiger partial charge >= 0.3 is 5.97 Å². The number of aliphatic hydroxyl groups excluding tert-OH is 2. The standard InChI is InChI=1S/C24H33ClN6O4/c1-10(2)14(26)22(34)35-8-24-7-13(24)17(18(32)19(24)33)31-9-27-16-20(29-23(25)30-21(16)31)28-15(11-3-4-11)12-5-6-12/h9-15,17-19,32-33H,3-8,26H2,1-2H3,(H,28,29,30)/t13-,14+,17-,18+,19+,24+/m1/s1. The number of nitrogens with two attached hydrogens (primary N) is 1. The van der Waals surface area contributed by atoms with Crippen LogP contribution in [0, 0.1) is 29.1 Å². The zero-order valence-electron chi connectivity index (χ0n) is 20.0. The Hall–Kier alpha value is -2.01. The van der Waals surface area contributed by atoms with Gasteiger partial charge < -0.3 is 30.6 Å². The van der Waals surface area contributed by atoms with Crippen LogP contribution in [0.15, 0.2) is 6.33 Å². The van der Waals surface area contributed by atoms with Crippen LogP contribution in [0.25, 0.3) is 11.2 Å². The summed E-state index contributed by atoms with van der Waals surface area (Å²) in [5, 5.41) is 25.7. The summed E-state index contributed by atoms with van der Waals surface area (Å²) in [5.41, 5.74) is 6.34. The lowest BCUT2D eigenvalue weighted by atomic mass is 10.00. The third-order valence-corrected chi connectivity index (χ3v) is 8.77. The van der Waals surface area contributed by atoms with Gasteiger partial charge in [0.25, 0.3) is 0 Å². The lowest BCUT2D eigenvalue weighted by Gasteiger charge is -2.24. The maximum Gasteiger partial charge on any atom is 0.323 e. The van der Waals surface area contributed by atoms with Gasteiger partial charge in [0.15, 0.2) is 17.0 Å². The van der Waals surface area contributed by atoms with Crippen molar-refractivity contribution in [3.8, 4) is 0 Å². The van der Waals surface area contributed by atoms with Crippen molar-refractivity contribution in [2.45, 2.75) is 76.3 Å². The minimum absolute atomic E-state index is 0.0191. The second-order valence-corrected chi connectivity index (χ2v) is 11.7. The molecule has 190 valence electrons. The number of anilines is 1. The molecule has 5 N–H and O–H groups in total. The van der Waals surface area contributed by atoms with Crippen LogP contribution in [0.4, 0.5) is 5.82 Å². The number of carbonyl (C=O) groups excluding carboxylic acids is 1.